The van der Waals surface area contributed by atoms with E-state index >= 15 is 0 Å². The van der Waals surface area contributed by atoms with Gasteiger partial charge in [-0.2, -0.15) is 0 Å². The summed E-state index contributed by atoms with van der Waals surface area (Å²) in [5, 5.41) is 12.2. The summed E-state index contributed by atoms with van der Waals surface area (Å²) in [6.45, 7) is 7.56. The van der Waals surface area contributed by atoms with Crippen LogP contribution in [0.2, 0.25) is 0 Å². The van der Waals surface area contributed by atoms with Crippen LogP contribution in [0.4, 0.5) is 0 Å². The van der Waals surface area contributed by atoms with Gasteiger partial charge in [0.1, 0.15) is 11.6 Å². The van der Waals surface area contributed by atoms with Gasteiger partial charge in [0.15, 0.2) is 5.78 Å². The number of hydrogen-bond acceptors (Lipinski definition) is 4. The Balaban J connectivity index is 2.20. The lowest BCUT2D eigenvalue weighted by Gasteiger charge is -2.37. The third-order valence-corrected chi connectivity index (χ3v) is 4.44. The minimum atomic E-state index is -0.790. The molecule has 0 unspecified atom stereocenters. The molecule has 0 aromatic carbocycles. The first-order chi connectivity index (χ1) is 9.51. The van der Waals surface area contributed by atoms with Crippen molar-refractivity contribution < 1.29 is 19.5 Å². The lowest BCUT2D eigenvalue weighted by Crippen LogP contribution is -2.39. The zero-order chi connectivity index (χ0) is 16.0. The van der Waals surface area contributed by atoms with Crippen LogP contribution in [0.1, 0.15) is 59.8 Å². The van der Waals surface area contributed by atoms with Gasteiger partial charge in [-0.1, -0.05) is 27.7 Å². The summed E-state index contributed by atoms with van der Waals surface area (Å²) in [6, 6.07) is 0. The molecular weight excluding hydrogens is 268 g/mol. The monoisotopic (exact) mass is 291 g/mol. The average Bonchev–Trinajstić information content (AvgIpc) is 2.22. The Hall–Kier alpha value is -1.45. The average molecular weight is 291 g/mol. The van der Waals surface area contributed by atoms with Gasteiger partial charge in [-0.3, -0.25) is 14.4 Å². The molecule has 1 saturated carbocycles. The van der Waals surface area contributed by atoms with E-state index in [2.05, 4.69) is 0 Å². The van der Waals surface area contributed by atoms with E-state index in [-0.39, 0.29) is 45.9 Å². The quantitative estimate of drug-likeness (QED) is 0.729. The van der Waals surface area contributed by atoms with E-state index in [1.165, 1.54) is 0 Å². The fraction of sp³-hybridized carbons (Fsp3) is 0.706. The first-order valence-corrected chi connectivity index (χ1v) is 7.48. The van der Waals surface area contributed by atoms with Gasteiger partial charge in [0.2, 0.25) is 0 Å². The Morgan fingerprint density at radius 2 is 1.38 bits per heavy atom. The highest BCUT2D eigenvalue weighted by molar-refractivity contribution is 6.07. The van der Waals surface area contributed by atoms with Crippen molar-refractivity contribution in [3.63, 3.8) is 0 Å². The van der Waals surface area contributed by atoms with Crippen molar-refractivity contribution in [2.75, 3.05) is 0 Å². The number of rotatable bonds is 2. The van der Waals surface area contributed by atoms with Crippen LogP contribution < -0.4 is 5.11 Å². The fourth-order valence-corrected chi connectivity index (χ4v) is 3.39. The molecule has 0 atom stereocenters. The Morgan fingerprint density at radius 1 is 0.905 bits per heavy atom. The van der Waals surface area contributed by atoms with E-state index in [0.717, 1.165) is 0 Å². The summed E-state index contributed by atoms with van der Waals surface area (Å²) in [4.78, 5) is 36.5. The van der Waals surface area contributed by atoms with E-state index in [1.54, 1.807) is 0 Å². The second-order valence-electron chi connectivity index (χ2n) is 8.05. The second kappa shape index (κ2) is 5.08. The lowest BCUT2D eigenvalue weighted by atomic mass is 9.68. The van der Waals surface area contributed by atoms with E-state index in [1.807, 2.05) is 27.7 Å². The summed E-state index contributed by atoms with van der Waals surface area (Å²) in [6.07, 6.45) is 1.32. The topological polar surface area (TPSA) is 74.3 Å². The van der Waals surface area contributed by atoms with Gasteiger partial charge in [-0.15, -0.1) is 5.76 Å². The largest absolute Gasteiger partial charge is 0.875 e. The lowest BCUT2D eigenvalue weighted by molar-refractivity contribution is -0.312. The van der Waals surface area contributed by atoms with Crippen LogP contribution in [0.25, 0.3) is 0 Å². The zero-order valence-corrected chi connectivity index (χ0v) is 13.2. The highest BCUT2D eigenvalue weighted by Gasteiger charge is 2.41. The maximum Gasteiger partial charge on any atom is 0.158 e. The molecule has 116 valence electrons. The minimum Gasteiger partial charge on any atom is -0.875 e. The Labute approximate surface area is 125 Å². The molecule has 0 aliphatic heterocycles. The van der Waals surface area contributed by atoms with E-state index in [4.69, 9.17) is 0 Å². The SMILES string of the molecule is CC1(C)CC(=O)C(CC2=C([O-])CC(C)(C)CC2=O)C(=O)C1. The molecule has 2 aliphatic rings. The van der Waals surface area contributed by atoms with Crippen LogP contribution in [0.5, 0.6) is 0 Å². The highest BCUT2D eigenvalue weighted by Crippen LogP contribution is 2.40. The number of carbonyl (C=O) groups is 3. The van der Waals surface area contributed by atoms with Crippen molar-refractivity contribution in [1.82, 2.24) is 0 Å². The smallest absolute Gasteiger partial charge is 0.158 e. The molecule has 0 amide bonds. The van der Waals surface area contributed by atoms with Crippen molar-refractivity contribution in [2.45, 2.75) is 59.8 Å². The third kappa shape index (κ3) is 3.42. The van der Waals surface area contributed by atoms with Gasteiger partial charge in [-0.25, -0.2) is 0 Å². The van der Waals surface area contributed by atoms with Crippen molar-refractivity contribution in [3.05, 3.63) is 11.3 Å². The van der Waals surface area contributed by atoms with Crippen molar-refractivity contribution >= 4 is 17.3 Å². The molecular formula is C17H23O4-. The molecule has 21 heavy (non-hydrogen) atoms. The van der Waals surface area contributed by atoms with Gasteiger partial charge in [0.25, 0.3) is 0 Å². The van der Waals surface area contributed by atoms with Crippen molar-refractivity contribution in [1.29, 1.82) is 0 Å². The van der Waals surface area contributed by atoms with E-state index < -0.39 is 5.92 Å². The molecule has 0 aromatic heterocycles. The molecule has 0 heterocycles. The van der Waals surface area contributed by atoms with Crippen molar-refractivity contribution in [3.8, 4) is 0 Å². The summed E-state index contributed by atoms with van der Waals surface area (Å²) in [5.41, 5.74) is -0.446. The molecule has 0 spiro atoms. The first kappa shape index (κ1) is 15.9. The number of allylic oxidation sites excluding steroid dienone is 2. The summed E-state index contributed by atoms with van der Waals surface area (Å²) in [5.74, 6) is -1.44. The number of carbonyl (C=O) groups excluding carboxylic acids is 3. The Bertz CT molecular complexity index is 517. The molecule has 0 bridgehead atoms. The van der Waals surface area contributed by atoms with Crippen LogP contribution in [0, 0.1) is 16.7 Å². The molecule has 0 aromatic rings. The minimum absolute atomic E-state index is 0.0154. The maximum absolute atomic E-state index is 12.2. The maximum atomic E-state index is 12.2. The standard InChI is InChI=1S/C17H24O4/c1-16(2)6-12(18)10(13(19)7-16)5-11-14(20)8-17(3,4)9-15(11)21/h10,20H,5-9H2,1-4H3/p-1. The van der Waals surface area contributed by atoms with Crippen LogP contribution in [-0.4, -0.2) is 17.3 Å². The summed E-state index contributed by atoms with van der Waals surface area (Å²) in [7, 11) is 0. The summed E-state index contributed by atoms with van der Waals surface area (Å²) >= 11 is 0. The van der Waals surface area contributed by atoms with Crippen LogP contribution in [-0.2, 0) is 14.4 Å². The predicted molar refractivity (Wildman–Crippen MR) is 76.2 cm³/mol. The second-order valence-corrected chi connectivity index (χ2v) is 8.05. The van der Waals surface area contributed by atoms with Gasteiger partial charge >= 0.3 is 0 Å². The normalized spacial score (nSPS) is 26.4. The van der Waals surface area contributed by atoms with Gasteiger partial charge in [-0.05, 0) is 29.2 Å². The predicted octanol–water partition coefficient (Wildman–Crippen LogP) is 1.95. The molecule has 4 heteroatoms. The van der Waals surface area contributed by atoms with Gasteiger partial charge in [0.05, 0.1) is 5.92 Å². The summed E-state index contributed by atoms with van der Waals surface area (Å²) < 4.78 is 0. The number of Topliss-reactive ketones (excluding diaryl/α,β-unsaturated/α-hetero) is 3. The Morgan fingerprint density at radius 3 is 1.86 bits per heavy atom. The van der Waals surface area contributed by atoms with Gasteiger partial charge in [0, 0.05) is 19.3 Å². The third-order valence-electron chi connectivity index (χ3n) is 4.44. The van der Waals surface area contributed by atoms with Crippen molar-refractivity contribution in [2.24, 2.45) is 16.7 Å². The Kier molecular flexibility index (Phi) is 3.85. The molecule has 2 aliphatic carbocycles. The van der Waals surface area contributed by atoms with Crippen LogP contribution in [0.3, 0.4) is 0 Å². The molecule has 0 N–H and O–H groups in total. The van der Waals surface area contributed by atoms with E-state index in [9.17, 15) is 19.5 Å². The fourth-order valence-electron chi connectivity index (χ4n) is 3.39. The molecule has 1 fully saturated rings. The molecule has 4 nitrogen and oxygen atoms in total. The molecule has 0 saturated heterocycles. The molecule has 0 radical (unpaired) electrons. The first-order valence-electron chi connectivity index (χ1n) is 7.48. The van der Waals surface area contributed by atoms with Gasteiger partial charge < -0.3 is 5.11 Å². The van der Waals surface area contributed by atoms with Crippen LogP contribution >= 0.6 is 0 Å². The molecule has 2 rings (SSSR count). The number of ketones is 3. The highest BCUT2D eigenvalue weighted by atomic mass is 16.3. The van der Waals surface area contributed by atoms with E-state index in [0.29, 0.717) is 25.7 Å². The number of hydrogen-bond donors (Lipinski definition) is 0. The zero-order valence-electron chi connectivity index (χ0n) is 13.2. The van der Waals surface area contributed by atoms with Crippen LogP contribution in [0.15, 0.2) is 11.3 Å².